The van der Waals surface area contributed by atoms with E-state index >= 15 is 0 Å². The molecule has 1 aliphatic rings. The lowest BCUT2D eigenvalue weighted by molar-refractivity contribution is -0.384. The Morgan fingerprint density at radius 1 is 1.07 bits per heavy atom. The van der Waals surface area contributed by atoms with Crippen LogP contribution in [0, 0.1) is 10.1 Å². The number of nitro benzene ring substituents is 1. The summed E-state index contributed by atoms with van der Waals surface area (Å²) in [6, 6.07) is 14.2. The molecule has 1 saturated heterocycles. The van der Waals surface area contributed by atoms with Crippen LogP contribution in [-0.4, -0.2) is 63.1 Å². The maximum Gasteiger partial charge on any atom is 0.271 e. The van der Waals surface area contributed by atoms with Crippen LogP contribution in [0.1, 0.15) is 0 Å². The summed E-state index contributed by atoms with van der Waals surface area (Å²) in [7, 11) is 0. The number of carbonyl (C=O) groups excluding carboxylic acids is 1. The van der Waals surface area contributed by atoms with Crippen molar-refractivity contribution >= 4 is 28.2 Å². The molecule has 9 heteroatoms. The van der Waals surface area contributed by atoms with Gasteiger partial charge in [-0.3, -0.25) is 29.4 Å². The quantitative estimate of drug-likeness (QED) is 0.508. The Balaban J connectivity index is 1.31. The molecule has 9 nitrogen and oxygen atoms in total. The second kappa shape index (κ2) is 8.38. The molecule has 1 amide bonds. The monoisotopic (exact) mass is 394 g/mol. The van der Waals surface area contributed by atoms with Crippen molar-refractivity contribution in [2.75, 3.05) is 38.0 Å². The predicted molar refractivity (Wildman–Crippen MR) is 109 cm³/mol. The average Bonchev–Trinajstić information content (AvgIpc) is 3.12. The number of amides is 1. The predicted octanol–water partition coefficient (Wildman–Crippen LogP) is 2.16. The molecule has 1 N–H and O–H groups in total. The van der Waals surface area contributed by atoms with Gasteiger partial charge in [0.2, 0.25) is 5.91 Å². The topological polar surface area (TPSA) is 96.5 Å². The van der Waals surface area contributed by atoms with Gasteiger partial charge in [-0.25, -0.2) is 0 Å². The number of para-hydroxylation sites is 1. The maximum absolute atomic E-state index is 12.2. The van der Waals surface area contributed by atoms with Crippen LogP contribution in [0.2, 0.25) is 0 Å². The molecule has 0 bridgehead atoms. The summed E-state index contributed by atoms with van der Waals surface area (Å²) in [6.07, 6.45) is 1.73. The fourth-order valence-electron chi connectivity index (χ4n) is 3.49. The van der Waals surface area contributed by atoms with E-state index in [1.165, 1.54) is 6.07 Å². The second-order valence-electron chi connectivity index (χ2n) is 7.09. The number of fused-ring (bicyclic) bond motifs is 1. The highest BCUT2D eigenvalue weighted by Crippen LogP contribution is 2.21. The first-order chi connectivity index (χ1) is 14.1. The van der Waals surface area contributed by atoms with Crippen LogP contribution >= 0.6 is 0 Å². The van der Waals surface area contributed by atoms with Crippen LogP contribution in [-0.2, 0) is 11.5 Å². The van der Waals surface area contributed by atoms with Gasteiger partial charge in [-0.2, -0.15) is 5.10 Å². The van der Waals surface area contributed by atoms with Crippen LogP contribution in [0.15, 0.2) is 54.7 Å². The Bertz CT molecular complexity index is 1010. The standard InChI is InChI=1S/C20H22N6O3/c27-20(22-17-4-2-1-3-5-17)14-23-8-10-24(11-9-23)15-25-19-12-18(26(28)29)7-6-16(19)13-21-25/h1-7,12-13H,8-11,14-15H2,(H,22,27). The SMILES string of the molecule is O=C(CN1CCN(Cn2ncc3ccc([N+](=O)[O-])cc32)CC1)Nc1ccccc1. The number of piperazine rings is 1. The second-order valence-corrected chi connectivity index (χ2v) is 7.09. The molecule has 2 heterocycles. The van der Waals surface area contributed by atoms with Gasteiger partial charge in [-0.15, -0.1) is 0 Å². The zero-order valence-corrected chi connectivity index (χ0v) is 15.9. The van der Waals surface area contributed by atoms with Gasteiger partial charge in [0.05, 0.1) is 29.9 Å². The van der Waals surface area contributed by atoms with E-state index in [1.54, 1.807) is 23.0 Å². The lowest BCUT2D eigenvalue weighted by atomic mass is 10.2. The van der Waals surface area contributed by atoms with Gasteiger partial charge in [0.15, 0.2) is 0 Å². The van der Waals surface area contributed by atoms with E-state index in [1.807, 2.05) is 30.3 Å². The lowest BCUT2D eigenvalue weighted by Crippen LogP contribution is -2.48. The van der Waals surface area contributed by atoms with Crippen molar-refractivity contribution in [3.05, 3.63) is 64.8 Å². The Labute approximate surface area is 167 Å². The molecule has 0 aliphatic carbocycles. The Kier molecular flexibility index (Phi) is 5.50. The number of non-ortho nitro benzene ring substituents is 1. The third-order valence-corrected chi connectivity index (χ3v) is 5.06. The summed E-state index contributed by atoms with van der Waals surface area (Å²) in [5.74, 6) is -0.0185. The van der Waals surface area contributed by atoms with E-state index in [0.29, 0.717) is 13.2 Å². The Hall–Kier alpha value is -3.30. The maximum atomic E-state index is 12.2. The zero-order chi connectivity index (χ0) is 20.2. The van der Waals surface area contributed by atoms with Crippen LogP contribution < -0.4 is 5.32 Å². The van der Waals surface area contributed by atoms with E-state index < -0.39 is 4.92 Å². The number of anilines is 1. The van der Waals surface area contributed by atoms with E-state index in [4.69, 9.17) is 0 Å². The molecular formula is C20H22N6O3. The summed E-state index contributed by atoms with van der Waals surface area (Å²) in [4.78, 5) is 27.2. The summed E-state index contributed by atoms with van der Waals surface area (Å²) in [5.41, 5.74) is 1.62. The highest BCUT2D eigenvalue weighted by atomic mass is 16.6. The van der Waals surface area contributed by atoms with Crippen molar-refractivity contribution in [3.63, 3.8) is 0 Å². The normalized spacial score (nSPS) is 15.4. The number of nitro groups is 1. The summed E-state index contributed by atoms with van der Waals surface area (Å²) in [5, 5.41) is 19.2. The first-order valence-corrected chi connectivity index (χ1v) is 9.48. The number of rotatable bonds is 6. The number of hydrogen-bond donors (Lipinski definition) is 1. The molecule has 1 aromatic heterocycles. The summed E-state index contributed by atoms with van der Waals surface area (Å²) < 4.78 is 1.79. The van der Waals surface area contributed by atoms with Crippen molar-refractivity contribution in [1.29, 1.82) is 0 Å². The van der Waals surface area contributed by atoms with E-state index in [-0.39, 0.29) is 11.6 Å². The first kappa shape index (κ1) is 19.0. The minimum absolute atomic E-state index is 0.0185. The zero-order valence-electron chi connectivity index (χ0n) is 15.9. The van der Waals surface area contributed by atoms with Crippen molar-refractivity contribution in [2.24, 2.45) is 0 Å². The number of carbonyl (C=O) groups is 1. The highest BCUT2D eigenvalue weighted by Gasteiger charge is 2.20. The molecule has 4 rings (SSSR count). The lowest BCUT2D eigenvalue weighted by Gasteiger charge is -2.34. The molecule has 0 radical (unpaired) electrons. The van der Waals surface area contributed by atoms with Gasteiger partial charge in [-0.1, -0.05) is 18.2 Å². The smallest absolute Gasteiger partial charge is 0.271 e. The van der Waals surface area contributed by atoms with E-state index in [9.17, 15) is 14.9 Å². The van der Waals surface area contributed by atoms with Gasteiger partial charge >= 0.3 is 0 Å². The first-order valence-electron chi connectivity index (χ1n) is 9.48. The van der Waals surface area contributed by atoms with E-state index in [0.717, 1.165) is 42.8 Å². The Morgan fingerprint density at radius 3 is 2.52 bits per heavy atom. The molecule has 1 fully saturated rings. The summed E-state index contributed by atoms with van der Waals surface area (Å²) in [6.45, 7) is 4.08. The third kappa shape index (κ3) is 4.58. The molecule has 1 aliphatic heterocycles. The van der Waals surface area contributed by atoms with Crippen molar-refractivity contribution < 1.29 is 9.72 Å². The van der Waals surface area contributed by atoms with Crippen molar-refractivity contribution in [1.82, 2.24) is 19.6 Å². The van der Waals surface area contributed by atoms with Crippen LogP contribution in [0.5, 0.6) is 0 Å². The average molecular weight is 394 g/mol. The van der Waals surface area contributed by atoms with Crippen LogP contribution in [0.3, 0.4) is 0 Å². The highest BCUT2D eigenvalue weighted by molar-refractivity contribution is 5.92. The molecule has 29 heavy (non-hydrogen) atoms. The third-order valence-electron chi connectivity index (χ3n) is 5.06. The number of hydrogen-bond acceptors (Lipinski definition) is 6. The van der Waals surface area contributed by atoms with Crippen molar-refractivity contribution in [3.8, 4) is 0 Å². The molecule has 0 unspecified atom stereocenters. The van der Waals surface area contributed by atoms with Gasteiger partial charge in [-0.05, 0) is 18.2 Å². The van der Waals surface area contributed by atoms with Gasteiger partial charge in [0, 0.05) is 49.4 Å². The Morgan fingerprint density at radius 2 is 1.79 bits per heavy atom. The number of benzene rings is 2. The van der Waals surface area contributed by atoms with Crippen LogP contribution in [0.4, 0.5) is 11.4 Å². The minimum Gasteiger partial charge on any atom is -0.325 e. The molecule has 0 spiro atoms. The number of aromatic nitrogens is 2. The molecule has 0 atom stereocenters. The van der Waals surface area contributed by atoms with E-state index in [2.05, 4.69) is 20.2 Å². The molecule has 0 saturated carbocycles. The fourth-order valence-corrected chi connectivity index (χ4v) is 3.49. The van der Waals surface area contributed by atoms with Gasteiger partial charge in [0.25, 0.3) is 5.69 Å². The molecule has 150 valence electrons. The van der Waals surface area contributed by atoms with Gasteiger partial charge < -0.3 is 5.32 Å². The number of nitrogens with one attached hydrogen (secondary N) is 1. The molecule has 2 aromatic carbocycles. The molecular weight excluding hydrogens is 372 g/mol. The van der Waals surface area contributed by atoms with Gasteiger partial charge in [0.1, 0.15) is 0 Å². The fraction of sp³-hybridized carbons (Fsp3) is 0.300. The minimum atomic E-state index is -0.393. The van der Waals surface area contributed by atoms with Crippen molar-refractivity contribution in [2.45, 2.75) is 6.67 Å². The van der Waals surface area contributed by atoms with Crippen LogP contribution in [0.25, 0.3) is 10.9 Å². The number of nitrogens with zero attached hydrogens (tertiary/aromatic N) is 5. The molecule has 3 aromatic rings. The summed E-state index contributed by atoms with van der Waals surface area (Å²) >= 11 is 0. The largest absolute Gasteiger partial charge is 0.325 e.